The maximum absolute atomic E-state index is 13.6. The highest BCUT2D eigenvalue weighted by Gasteiger charge is 2.57. The summed E-state index contributed by atoms with van der Waals surface area (Å²) >= 11 is 5.98. The molecule has 2 aromatic rings. The second kappa shape index (κ2) is 8.19. The number of amides is 1. The van der Waals surface area contributed by atoms with Crippen molar-refractivity contribution in [3.05, 3.63) is 52.8 Å². The smallest absolute Gasteiger partial charge is 0.274 e. The summed E-state index contributed by atoms with van der Waals surface area (Å²) in [6.45, 7) is 8.52. The summed E-state index contributed by atoms with van der Waals surface area (Å²) in [6.07, 6.45) is 3.50. The third-order valence-corrected chi connectivity index (χ3v) is 7.54. The highest BCUT2D eigenvalue weighted by Crippen LogP contribution is 2.53. The lowest BCUT2D eigenvalue weighted by Crippen LogP contribution is -2.57. The Labute approximate surface area is 187 Å². The molecule has 2 unspecified atom stereocenters. The minimum absolute atomic E-state index is 0.0740. The molecule has 1 amide bonds. The largest absolute Gasteiger partial charge is 0.337 e. The number of imidazole rings is 1. The van der Waals surface area contributed by atoms with Crippen LogP contribution in [0.3, 0.4) is 0 Å². The fraction of sp³-hybridized carbons (Fsp3) is 0.565. The predicted molar refractivity (Wildman–Crippen MR) is 117 cm³/mol. The van der Waals surface area contributed by atoms with Gasteiger partial charge >= 0.3 is 0 Å². The topological polar surface area (TPSA) is 44.6 Å². The molecule has 2 saturated heterocycles. The third-order valence-electron chi connectivity index (χ3n) is 7.25. The van der Waals surface area contributed by atoms with Gasteiger partial charge in [-0.3, -0.25) is 9.69 Å². The van der Waals surface area contributed by atoms with E-state index >= 15 is 0 Å². The second-order valence-electron chi connectivity index (χ2n) is 9.34. The molecule has 2 atom stereocenters. The Morgan fingerprint density at radius 1 is 1.26 bits per heavy atom. The number of aromatic nitrogens is 2. The number of likely N-dealkylation sites (tertiary alicyclic amines) is 2. The van der Waals surface area contributed by atoms with Crippen LogP contribution in [0, 0.1) is 23.6 Å². The van der Waals surface area contributed by atoms with E-state index in [1.54, 1.807) is 24.7 Å². The summed E-state index contributed by atoms with van der Waals surface area (Å²) in [4.78, 5) is 24.5. The Morgan fingerprint density at radius 2 is 2.00 bits per heavy atom. The highest BCUT2D eigenvalue weighted by molar-refractivity contribution is 6.30. The van der Waals surface area contributed by atoms with E-state index in [1.165, 1.54) is 19.2 Å². The quantitative estimate of drug-likeness (QED) is 0.657. The molecular formula is C23H29ClFN5O. The summed E-state index contributed by atoms with van der Waals surface area (Å²) in [5, 5.41) is 0.0876. The first-order chi connectivity index (χ1) is 14.9. The van der Waals surface area contributed by atoms with Gasteiger partial charge in [0.15, 0.2) is 0 Å². The first-order valence-electron chi connectivity index (χ1n) is 11.1. The van der Waals surface area contributed by atoms with E-state index in [1.807, 2.05) is 16.4 Å². The first kappa shape index (κ1) is 20.9. The monoisotopic (exact) mass is 445 g/mol. The molecule has 3 heterocycles. The summed E-state index contributed by atoms with van der Waals surface area (Å²) in [6, 6.07) is 5.39. The van der Waals surface area contributed by atoms with Crippen molar-refractivity contribution in [1.29, 1.82) is 0 Å². The average molecular weight is 446 g/mol. The molecule has 1 saturated carbocycles. The predicted octanol–water partition coefficient (Wildman–Crippen LogP) is 2.83. The first-order valence-corrected chi connectivity index (χ1v) is 11.5. The van der Waals surface area contributed by atoms with Crippen molar-refractivity contribution in [3.8, 4) is 0 Å². The maximum atomic E-state index is 13.6. The van der Waals surface area contributed by atoms with Crippen LogP contribution in [0.5, 0.6) is 0 Å². The average Bonchev–Trinajstić information content (AvgIpc) is 3.12. The lowest BCUT2D eigenvalue weighted by molar-refractivity contribution is 0.0540. The van der Waals surface area contributed by atoms with Crippen LogP contribution < -0.4 is 0 Å². The van der Waals surface area contributed by atoms with Gasteiger partial charge in [0, 0.05) is 58.1 Å². The van der Waals surface area contributed by atoms with Gasteiger partial charge in [-0.1, -0.05) is 17.7 Å². The van der Waals surface area contributed by atoms with E-state index in [-0.39, 0.29) is 10.9 Å². The molecule has 1 aromatic carbocycles. The van der Waals surface area contributed by atoms with Gasteiger partial charge < -0.3 is 14.4 Å². The zero-order chi connectivity index (χ0) is 21.7. The number of benzene rings is 1. The van der Waals surface area contributed by atoms with Crippen LogP contribution in [0.1, 0.15) is 23.0 Å². The number of hydrogen-bond donors (Lipinski definition) is 0. The highest BCUT2D eigenvalue weighted by atomic mass is 35.5. The number of carbonyl (C=O) groups excluding carboxylic acids is 1. The third kappa shape index (κ3) is 4.11. The van der Waals surface area contributed by atoms with Crippen LogP contribution >= 0.6 is 11.6 Å². The van der Waals surface area contributed by atoms with E-state index < -0.39 is 5.82 Å². The van der Waals surface area contributed by atoms with Gasteiger partial charge in [-0.25, -0.2) is 9.37 Å². The molecule has 3 fully saturated rings. The molecular weight excluding hydrogens is 417 g/mol. The molecule has 31 heavy (non-hydrogen) atoms. The van der Waals surface area contributed by atoms with Crippen molar-refractivity contribution < 1.29 is 9.18 Å². The van der Waals surface area contributed by atoms with Gasteiger partial charge in [-0.05, 0) is 49.4 Å². The molecule has 5 rings (SSSR count). The molecule has 0 spiro atoms. The normalized spacial score (nSPS) is 26.0. The maximum Gasteiger partial charge on any atom is 0.274 e. The van der Waals surface area contributed by atoms with Crippen LogP contribution in [0.15, 0.2) is 30.7 Å². The van der Waals surface area contributed by atoms with Crippen LogP contribution in [-0.4, -0.2) is 76.0 Å². The number of rotatable bonds is 7. The summed E-state index contributed by atoms with van der Waals surface area (Å²) < 4.78 is 15.5. The van der Waals surface area contributed by atoms with Crippen molar-refractivity contribution in [2.75, 3.05) is 39.8 Å². The van der Waals surface area contributed by atoms with Crippen molar-refractivity contribution in [3.63, 3.8) is 0 Å². The van der Waals surface area contributed by atoms with Crippen molar-refractivity contribution in [2.24, 2.45) is 17.8 Å². The van der Waals surface area contributed by atoms with E-state index in [0.29, 0.717) is 42.6 Å². The molecule has 3 aliphatic rings. The number of aryl methyl sites for hydroxylation is 1. The van der Waals surface area contributed by atoms with Gasteiger partial charge in [-0.2, -0.15) is 0 Å². The number of piperidine rings is 1. The number of halogens is 2. The lowest BCUT2D eigenvalue weighted by atomic mass is 10.1. The van der Waals surface area contributed by atoms with Crippen LogP contribution in [0.4, 0.5) is 4.39 Å². The van der Waals surface area contributed by atoms with Gasteiger partial charge in [0.05, 0.1) is 11.3 Å². The van der Waals surface area contributed by atoms with Crippen LogP contribution in [0.2, 0.25) is 5.02 Å². The molecule has 0 radical (unpaired) electrons. The number of hydrogen-bond acceptors (Lipinski definition) is 4. The Hall–Kier alpha value is -1.96. The molecule has 6 nitrogen and oxygen atoms in total. The zero-order valence-corrected chi connectivity index (χ0v) is 18.8. The molecule has 2 aliphatic heterocycles. The number of fused-ring (bicyclic) bond motifs is 1. The van der Waals surface area contributed by atoms with E-state index in [2.05, 4.69) is 21.8 Å². The van der Waals surface area contributed by atoms with Crippen molar-refractivity contribution >= 4 is 17.5 Å². The SMILES string of the molecule is CCn1cnc(C(=O)N(Cc2ccc(F)c(Cl)c2)CC2C3CN(C4CN(C)C4)CC23)c1. The Bertz CT molecular complexity index is 963. The van der Waals surface area contributed by atoms with Crippen LogP contribution in [0.25, 0.3) is 0 Å². The summed E-state index contributed by atoms with van der Waals surface area (Å²) in [5.41, 5.74) is 1.29. The Kier molecular flexibility index (Phi) is 5.52. The fourth-order valence-electron chi connectivity index (χ4n) is 5.29. The molecule has 1 aliphatic carbocycles. The Morgan fingerprint density at radius 3 is 2.61 bits per heavy atom. The van der Waals surface area contributed by atoms with Crippen LogP contribution in [-0.2, 0) is 13.1 Å². The van der Waals surface area contributed by atoms with E-state index in [4.69, 9.17) is 11.6 Å². The molecule has 0 N–H and O–H groups in total. The summed E-state index contributed by atoms with van der Waals surface area (Å²) in [7, 11) is 2.17. The van der Waals surface area contributed by atoms with Gasteiger partial charge in [0.2, 0.25) is 0 Å². The lowest BCUT2D eigenvalue weighted by Gasteiger charge is -2.43. The number of likely N-dealkylation sites (N-methyl/N-ethyl adjacent to an activating group) is 1. The zero-order valence-electron chi connectivity index (χ0n) is 18.0. The second-order valence-corrected chi connectivity index (χ2v) is 9.75. The van der Waals surface area contributed by atoms with E-state index in [0.717, 1.165) is 25.2 Å². The van der Waals surface area contributed by atoms with Gasteiger partial charge in [0.25, 0.3) is 5.91 Å². The Balaban J connectivity index is 1.28. The molecule has 166 valence electrons. The standard InChI is InChI=1S/C23H29ClFN5O/c1-3-28-13-22(26-14-28)23(31)30(7-15-4-5-21(25)20(24)6-15)12-19-17-10-29(11-18(17)19)16-8-27(2)9-16/h4-6,13-14,16-19H,3,7-12H2,1-2H3. The summed E-state index contributed by atoms with van der Waals surface area (Å²) in [5.74, 6) is 1.36. The fourth-order valence-corrected chi connectivity index (χ4v) is 5.49. The minimum Gasteiger partial charge on any atom is -0.337 e. The number of carbonyl (C=O) groups is 1. The van der Waals surface area contributed by atoms with Crippen molar-refractivity contribution in [2.45, 2.75) is 26.1 Å². The van der Waals surface area contributed by atoms with E-state index in [9.17, 15) is 9.18 Å². The molecule has 8 heteroatoms. The van der Waals surface area contributed by atoms with Gasteiger partial charge in [0.1, 0.15) is 11.5 Å². The number of nitrogens with zero attached hydrogens (tertiary/aromatic N) is 5. The van der Waals surface area contributed by atoms with Crippen molar-refractivity contribution in [1.82, 2.24) is 24.3 Å². The molecule has 0 bridgehead atoms. The minimum atomic E-state index is -0.441. The molecule has 1 aromatic heterocycles. The van der Waals surface area contributed by atoms with Gasteiger partial charge in [-0.15, -0.1) is 0 Å².